The average Bonchev–Trinajstić information content (AvgIpc) is 2.41. The first-order chi connectivity index (χ1) is 9.34. The number of hydrogen-bond donors (Lipinski definition) is 2. The fourth-order valence-electron chi connectivity index (χ4n) is 1.60. The number of nitrogens with one attached hydrogen (secondary N) is 1. The lowest BCUT2D eigenvalue weighted by Crippen LogP contribution is -2.34. The van der Waals surface area contributed by atoms with E-state index < -0.39 is 18.9 Å². The Bertz CT molecular complexity index is 392. The summed E-state index contributed by atoms with van der Waals surface area (Å²) in [6.07, 6.45) is -6.09. The lowest BCUT2D eigenvalue weighted by Gasteiger charge is -2.16. The molecule has 6 heteroatoms. The van der Waals surface area contributed by atoms with Crippen molar-refractivity contribution in [3.8, 4) is 5.75 Å². The van der Waals surface area contributed by atoms with Gasteiger partial charge in [0.1, 0.15) is 12.4 Å². The lowest BCUT2D eigenvalue weighted by molar-refractivity contribution is -0.210. The van der Waals surface area contributed by atoms with Crippen molar-refractivity contribution in [3.63, 3.8) is 0 Å². The Morgan fingerprint density at radius 2 is 1.85 bits per heavy atom. The normalized spacial score (nSPS) is 14.9. The molecule has 0 heterocycles. The summed E-state index contributed by atoms with van der Waals surface area (Å²) in [6, 6.07) is 6.96. The van der Waals surface area contributed by atoms with Crippen LogP contribution in [0.25, 0.3) is 0 Å². The molecule has 3 nitrogen and oxygen atoms in total. The van der Waals surface area contributed by atoms with Crippen molar-refractivity contribution in [2.24, 2.45) is 0 Å². The Morgan fingerprint density at radius 3 is 2.35 bits per heavy atom. The number of alkyl halides is 3. The van der Waals surface area contributed by atoms with Gasteiger partial charge >= 0.3 is 6.18 Å². The number of benzene rings is 1. The third-order valence-electron chi connectivity index (χ3n) is 2.87. The Balaban J connectivity index is 2.50. The zero-order valence-electron chi connectivity index (χ0n) is 11.6. The quantitative estimate of drug-likeness (QED) is 0.811. The second kappa shape index (κ2) is 7.50. The molecule has 0 aromatic heterocycles. The largest absolute Gasteiger partial charge is 0.491 e. The highest BCUT2D eigenvalue weighted by Crippen LogP contribution is 2.22. The predicted octanol–water partition coefficient (Wildman–Crippen LogP) is 3.05. The van der Waals surface area contributed by atoms with Crippen LogP contribution in [0.2, 0.25) is 0 Å². The molecule has 20 heavy (non-hydrogen) atoms. The molecule has 2 unspecified atom stereocenters. The molecule has 0 bridgehead atoms. The highest BCUT2D eigenvalue weighted by molar-refractivity contribution is 5.29. The Morgan fingerprint density at radius 1 is 1.25 bits per heavy atom. The third kappa shape index (κ3) is 5.38. The summed E-state index contributed by atoms with van der Waals surface area (Å²) < 4.78 is 41.2. The van der Waals surface area contributed by atoms with Crippen LogP contribution in [0.15, 0.2) is 24.3 Å². The first-order valence-electron chi connectivity index (χ1n) is 6.55. The predicted molar refractivity (Wildman–Crippen MR) is 70.7 cm³/mol. The highest BCUT2D eigenvalue weighted by atomic mass is 19.4. The van der Waals surface area contributed by atoms with Crippen LogP contribution in [0.1, 0.15) is 31.9 Å². The third-order valence-corrected chi connectivity index (χ3v) is 2.87. The minimum Gasteiger partial charge on any atom is -0.491 e. The minimum absolute atomic E-state index is 0.171. The van der Waals surface area contributed by atoms with Gasteiger partial charge in [-0.1, -0.05) is 19.1 Å². The zero-order valence-corrected chi connectivity index (χ0v) is 11.6. The van der Waals surface area contributed by atoms with Crippen molar-refractivity contribution in [3.05, 3.63) is 29.8 Å². The summed E-state index contributed by atoms with van der Waals surface area (Å²) >= 11 is 0. The minimum atomic E-state index is -4.65. The van der Waals surface area contributed by atoms with Crippen LogP contribution in [0, 0.1) is 0 Å². The summed E-state index contributed by atoms with van der Waals surface area (Å²) in [5.41, 5.74) is 1.03. The maximum Gasteiger partial charge on any atom is 0.417 e. The average molecular weight is 291 g/mol. The van der Waals surface area contributed by atoms with Crippen molar-refractivity contribution in [2.45, 2.75) is 38.6 Å². The van der Waals surface area contributed by atoms with Crippen LogP contribution in [-0.4, -0.2) is 30.5 Å². The second-order valence-corrected chi connectivity index (χ2v) is 4.61. The smallest absolute Gasteiger partial charge is 0.417 e. The van der Waals surface area contributed by atoms with Gasteiger partial charge in [0.05, 0.1) is 0 Å². The molecular weight excluding hydrogens is 271 g/mol. The van der Waals surface area contributed by atoms with Gasteiger partial charge in [0, 0.05) is 6.04 Å². The molecule has 0 fully saturated rings. The summed E-state index contributed by atoms with van der Waals surface area (Å²) in [4.78, 5) is 0. The lowest BCUT2D eigenvalue weighted by atomic mass is 10.1. The molecule has 2 N–H and O–H groups in total. The van der Waals surface area contributed by atoms with Gasteiger partial charge in [-0.05, 0) is 37.6 Å². The summed E-state index contributed by atoms with van der Waals surface area (Å²) in [6.45, 7) is 4.19. The first kappa shape index (κ1) is 16.8. The highest BCUT2D eigenvalue weighted by Gasteiger charge is 2.38. The number of aliphatic hydroxyl groups excluding tert-OH is 1. The summed E-state index contributed by atoms with van der Waals surface area (Å²) in [5.74, 6) is 0.305. The van der Waals surface area contributed by atoms with Crippen LogP contribution >= 0.6 is 0 Å². The topological polar surface area (TPSA) is 41.5 Å². The molecule has 2 atom stereocenters. The Labute approximate surface area is 116 Å². The molecule has 0 saturated heterocycles. The van der Waals surface area contributed by atoms with E-state index in [0.717, 1.165) is 18.5 Å². The number of halogens is 3. The van der Waals surface area contributed by atoms with E-state index in [4.69, 9.17) is 9.84 Å². The molecule has 0 aliphatic carbocycles. The maximum atomic E-state index is 12.1. The van der Waals surface area contributed by atoms with Crippen LogP contribution in [0.5, 0.6) is 5.75 Å². The van der Waals surface area contributed by atoms with E-state index in [0.29, 0.717) is 5.75 Å². The van der Waals surface area contributed by atoms with Gasteiger partial charge in [-0.3, -0.25) is 0 Å². The molecule has 1 rings (SSSR count). The SMILES string of the molecule is CCCNC(C)c1ccc(OCC(O)C(F)(F)F)cc1. The number of hydrogen-bond acceptors (Lipinski definition) is 3. The summed E-state index contributed by atoms with van der Waals surface area (Å²) in [5, 5.41) is 12.1. The van der Waals surface area contributed by atoms with E-state index in [1.807, 2.05) is 6.92 Å². The van der Waals surface area contributed by atoms with Crippen LogP contribution in [0.3, 0.4) is 0 Å². The van der Waals surface area contributed by atoms with E-state index in [2.05, 4.69) is 12.2 Å². The van der Waals surface area contributed by atoms with Gasteiger partial charge in [-0.15, -0.1) is 0 Å². The fraction of sp³-hybridized carbons (Fsp3) is 0.571. The van der Waals surface area contributed by atoms with Gasteiger partial charge in [-0.2, -0.15) is 13.2 Å². The van der Waals surface area contributed by atoms with E-state index in [-0.39, 0.29) is 6.04 Å². The van der Waals surface area contributed by atoms with E-state index in [9.17, 15) is 13.2 Å². The standard InChI is InChI=1S/C14H20F3NO2/c1-3-8-18-10(2)11-4-6-12(7-5-11)20-9-13(19)14(15,16)17/h4-7,10,13,18-19H,3,8-9H2,1-2H3. The summed E-state index contributed by atoms with van der Waals surface area (Å²) in [7, 11) is 0. The van der Waals surface area contributed by atoms with Crippen molar-refractivity contribution >= 4 is 0 Å². The molecule has 0 radical (unpaired) electrons. The van der Waals surface area contributed by atoms with Gasteiger partial charge in [0.2, 0.25) is 0 Å². The molecule has 0 saturated carbocycles. The van der Waals surface area contributed by atoms with Crippen molar-refractivity contribution < 1.29 is 23.0 Å². The van der Waals surface area contributed by atoms with Crippen molar-refractivity contribution in [1.29, 1.82) is 0 Å². The molecule has 114 valence electrons. The van der Waals surface area contributed by atoms with E-state index in [1.54, 1.807) is 24.3 Å². The molecule has 1 aromatic rings. The molecule has 0 amide bonds. The molecule has 1 aromatic carbocycles. The fourth-order valence-corrected chi connectivity index (χ4v) is 1.60. The van der Waals surface area contributed by atoms with Gasteiger partial charge in [-0.25, -0.2) is 0 Å². The van der Waals surface area contributed by atoms with E-state index in [1.165, 1.54) is 0 Å². The molecular formula is C14H20F3NO2. The maximum absolute atomic E-state index is 12.1. The van der Waals surface area contributed by atoms with Crippen molar-refractivity contribution in [2.75, 3.05) is 13.2 Å². The van der Waals surface area contributed by atoms with E-state index >= 15 is 0 Å². The number of rotatable bonds is 7. The van der Waals surface area contributed by atoms with Crippen LogP contribution in [0.4, 0.5) is 13.2 Å². The van der Waals surface area contributed by atoms with Gasteiger partial charge in [0.25, 0.3) is 0 Å². The molecule has 0 spiro atoms. The Kier molecular flexibility index (Phi) is 6.29. The molecule has 0 aliphatic heterocycles. The monoisotopic (exact) mass is 291 g/mol. The second-order valence-electron chi connectivity index (χ2n) is 4.61. The zero-order chi connectivity index (χ0) is 15.2. The van der Waals surface area contributed by atoms with Crippen LogP contribution in [-0.2, 0) is 0 Å². The number of aliphatic hydroxyl groups is 1. The van der Waals surface area contributed by atoms with Gasteiger partial charge < -0.3 is 15.2 Å². The molecule has 0 aliphatic rings. The van der Waals surface area contributed by atoms with Crippen LogP contribution < -0.4 is 10.1 Å². The first-order valence-corrected chi connectivity index (χ1v) is 6.55. The Hall–Kier alpha value is -1.27. The van der Waals surface area contributed by atoms with Gasteiger partial charge in [0.15, 0.2) is 6.10 Å². The number of ether oxygens (including phenoxy) is 1. The van der Waals surface area contributed by atoms with Crippen molar-refractivity contribution in [1.82, 2.24) is 5.32 Å².